The van der Waals surface area contributed by atoms with Crippen LogP contribution in [0.5, 0.6) is 11.6 Å². The predicted octanol–water partition coefficient (Wildman–Crippen LogP) is 6.82. The molecule has 0 aliphatic carbocycles. The third kappa shape index (κ3) is 3.15. The van der Waals surface area contributed by atoms with E-state index < -0.39 is 0 Å². The SMILES string of the molecule is COc1ccc(C2c3[nH]c4ccc(Br)cc4c3Cc3c(O)n(-c4ccc(C)cc4)c(=S)n32)cc1. The van der Waals surface area contributed by atoms with Crippen LogP contribution >= 0.6 is 28.1 Å². The zero-order valence-corrected chi connectivity index (χ0v) is 21.1. The number of aromatic hydroxyl groups is 1. The van der Waals surface area contributed by atoms with Gasteiger partial charge in [-0.25, -0.2) is 0 Å². The Morgan fingerprint density at radius 2 is 1.79 bits per heavy atom. The smallest absolute Gasteiger partial charge is 0.218 e. The number of aromatic amines is 1. The van der Waals surface area contributed by atoms with E-state index in [-0.39, 0.29) is 11.9 Å². The normalized spacial score (nSPS) is 14.7. The van der Waals surface area contributed by atoms with Gasteiger partial charge in [0, 0.05) is 27.5 Å². The van der Waals surface area contributed by atoms with Crippen molar-refractivity contribution >= 4 is 39.1 Å². The van der Waals surface area contributed by atoms with Crippen molar-refractivity contribution in [3.05, 3.63) is 104 Å². The van der Waals surface area contributed by atoms with Gasteiger partial charge in [0.15, 0.2) is 4.77 Å². The maximum atomic E-state index is 11.5. The number of fused-ring (bicyclic) bond motifs is 4. The van der Waals surface area contributed by atoms with E-state index in [2.05, 4.69) is 49.7 Å². The molecule has 1 aliphatic heterocycles. The lowest BCUT2D eigenvalue weighted by Crippen LogP contribution is -2.21. The van der Waals surface area contributed by atoms with Crippen molar-refractivity contribution in [3.63, 3.8) is 0 Å². The third-order valence-electron chi connectivity index (χ3n) is 6.66. The van der Waals surface area contributed by atoms with E-state index in [0.717, 1.165) is 49.3 Å². The summed E-state index contributed by atoms with van der Waals surface area (Å²) >= 11 is 9.61. The van der Waals surface area contributed by atoms with Crippen molar-refractivity contribution in [2.75, 3.05) is 7.11 Å². The first-order valence-electron chi connectivity index (χ1n) is 11.0. The van der Waals surface area contributed by atoms with Crippen LogP contribution < -0.4 is 4.74 Å². The van der Waals surface area contributed by atoms with E-state index in [0.29, 0.717) is 11.2 Å². The van der Waals surface area contributed by atoms with Gasteiger partial charge in [-0.1, -0.05) is 45.8 Å². The average molecular weight is 532 g/mol. The van der Waals surface area contributed by atoms with Crippen LogP contribution in [0.3, 0.4) is 0 Å². The Morgan fingerprint density at radius 1 is 1.06 bits per heavy atom. The highest BCUT2D eigenvalue weighted by Gasteiger charge is 2.34. The summed E-state index contributed by atoms with van der Waals surface area (Å²) < 4.78 is 10.8. The second-order valence-electron chi connectivity index (χ2n) is 8.65. The minimum absolute atomic E-state index is 0.183. The zero-order valence-electron chi connectivity index (χ0n) is 18.7. The molecule has 3 aromatic carbocycles. The number of nitrogens with one attached hydrogen (secondary N) is 1. The number of imidazole rings is 1. The molecule has 1 atom stereocenters. The number of ether oxygens (including phenoxy) is 1. The van der Waals surface area contributed by atoms with Crippen molar-refractivity contribution in [2.24, 2.45) is 0 Å². The van der Waals surface area contributed by atoms with E-state index in [4.69, 9.17) is 17.0 Å². The molecule has 2 N–H and O–H groups in total. The number of H-pyrrole nitrogens is 1. The monoisotopic (exact) mass is 531 g/mol. The van der Waals surface area contributed by atoms with Gasteiger partial charge in [-0.2, -0.15) is 0 Å². The molecule has 34 heavy (non-hydrogen) atoms. The second kappa shape index (κ2) is 7.89. The highest BCUT2D eigenvalue weighted by atomic mass is 79.9. The van der Waals surface area contributed by atoms with Crippen molar-refractivity contribution in [1.29, 1.82) is 0 Å². The standard InChI is InChI=1S/C27H22BrN3O2S/c1-15-3-8-18(9-4-15)30-26(32)23-14-21-20-13-17(28)7-12-22(20)29-24(21)25(31(23)27(30)34)16-5-10-19(33-2)11-6-16/h3-13,25,29,32H,14H2,1-2H3. The Bertz CT molecular complexity index is 1610. The lowest BCUT2D eigenvalue weighted by Gasteiger charge is -2.26. The summed E-state index contributed by atoms with van der Waals surface area (Å²) in [7, 11) is 1.66. The first-order valence-corrected chi connectivity index (χ1v) is 12.2. The van der Waals surface area contributed by atoms with Crippen LogP contribution in [0.15, 0.2) is 71.2 Å². The van der Waals surface area contributed by atoms with E-state index >= 15 is 0 Å². The Morgan fingerprint density at radius 3 is 2.50 bits per heavy atom. The van der Waals surface area contributed by atoms with Crippen LogP contribution in [0, 0.1) is 11.7 Å². The van der Waals surface area contributed by atoms with Crippen LogP contribution in [0.4, 0.5) is 0 Å². The highest BCUT2D eigenvalue weighted by Crippen LogP contribution is 2.44. The van der Waals surface area contributed by atoms with Gasteiger partial charge in [-0.05, 0) is 72.7 Å². The Kier molecular flexibility index (Phi) is 4.93. The first kappa shape index (κ1) is 21.3. The van der Waals surface area contributed by atoms with E-state index in [1.807, 2.05) is 49.4 Å². The van der Waals surface area contributed by atoms with Crippen molar-refractivity contribution < 1.29 is 9.84 Å². The predicted molar refractivity (Wildman–Crippen MR) is 140 cm³/mol. The minimum atomic E-state index is -0.207. The number of rotatable bonds is 3. The van der Waals surface area contributed by atoms with Gasteiger partial charge in [0.1, 0.15) is 11.8 Å². The molecule has 170 valence electrons. The van der Waals surface area contributed by atoms with Gasteiger partial charge in [0.2, 0.25) is 5.88 Å². The molecule has 0 bridgehead atoms. The molecule has 0 fully saturated rings. The number of nitrogens with zero attached hydrogens (tertiary/aromatic N) is 2. The fourth-order valence-corrected chi connectivity index (χ4v) is 5.74. The number of hydrogen-bond acceptors (Lipinski definition) is 3. The van der Waals surface area contributed by atoms with E-state index in [1.54, 1.807) is 11.7 Å². The molecular formula is C27H22BrN3O2S. The zero-order chi connectivity index (χ0) is 23.6. The number of halogens is 1. The van der Waals surface area contributed by atoms with Gasteiger partial charge >= 0.3 is 0 Å². The summed E-state index contributed by atoms with van der Waals surface area (Å²) in [5.74, 6) is 0.978. The maximum Gasteiger partial charge on any atom is 0.218 e. The summed E-state index contributed by atoms with van der Waals surface area (Å²) in [6.45, 7) is 2.04. The molecule has 0 radical (unpaired) electrons. The highest BCUT2D eigenvalue weighted by molar-refractivity contribution is 9.10. The molecular weight excluding hydrogens is 510 g/mol. The van der Waals surface area contributed by atoms with Gasteiger partial charge in [0.25, 0.3) is 0 Å². The van der Waals surface area contributed by atoms with E-state index in [9.17, 15) is 5.11 Å². The van der Waals surface area contributed by atoms with Crippen LogP contribution in [0.25, 0.3) is 16.6 Å². The number of aromatic nitrogens is 3. The second-order valence-corrected chi connectivity index (χ2v) is 9.93. The van der Waals surface area contributed by atoms with Crippen molar-refractivity contribution in [1.82, 2.24) is 14.1 Å². The van der Waals surface area contributed by atoms with E-state index in [1.165, 1.54) is 5.56 Å². The fraction of sp³-hybridized carbons (Fsp3) is 0.148. The van der Waals surface area contributed by atoms with Gasteiger partial charge in [-0.15, -0.1) is 0 Å². The summed E-state index contributed by atoms with van der Waals surface area (Å²) in [4.78, 5) is 3.65. The molecule has 0 saturated carbocycles. The molecule has 5 nitrogen and oxygen atoms in total. The van der Waals surface area contributed by atoms with Gasteiger partial charge in [-0.3, -0.25) is 4.57 Å². The van der Waals surface area contributed by atoms with Gasteiger partial charge < -0.3 is 19.4 Å². The van der Waals surface area contributed by atoms with Crippen LogP contribution in [-0.4, -0.2) is 26.3 Å². The molecule has 5 aromatic rings. The number of benzene rings is 3. The third-order valence-corrected chi connectivity index (χ3v) is 7.53. The molecule has 0 spiro atoms. The topological polar surface area (TPSA) is 55.1 Å². The van der Waals surface area contributed by atoms with Crippen LogP contribution in [0.2, 0.25) is 0 Å². The first-order chi connectivity index (χ1) is 16.5. The lowest BCUT2D eigenvalue weighted by molar-refractivity contribution is 0.414. The lowest BCUT2D eigenvalue weighted by atomic mass is 9.93. The molecule has 1 aliphatic rings. The van der Waals surface area contributed by atoms with Crippen LogP contribution in [-0.2, 0) is 6.42 Å². The molecule has 6 rings (SSSR count). The minimum Gasteiger partial charge on any atom is -0.497 e. The summed E-state index contributed by atoms with van der Waals surface area (Å²) in [6, 6.07) is 22.1. The van der Waals surface area contributed by atoms with Crippen molar-refractivity contribution in [2.45, 2.75) is 19.4 Å². The number of methoxy groups -OCH3 is 1. The maximum absolute atomic E-state index is 11.5. The quantitative estimate of drug-likeness (QED) is 0.246. The number of hydrogen-bond donors (Lipinski definition) is 2. The van der Waals surface area contributed by atoms with Crippen molar-refractivity contribution in [3.8, 4) is 17.3 Å². The largest absolute Gasteiger partial charge is 0.497 e. The summed E-state index contributed by atoms with van der Waals surface area (Å²) in [5.41, 5.74) is 7.19. The molecule has 2 aromatic heterocycles. The Labute approximate surface area is 210 Å². The average Bonchev–Trinajstić information content (AvgIpc) is 3.33. The molecule has 1 unspecified atom stereocenters. The Balaban J connectivity index is 1.64. The molecule has 7 heteroatoms. The molecule has 0 amide bonds. The summed E-state index contributed by atoms with van der Waals surface area (Å²) in [5, 5.41) is 12.6. The molecule has 0 saturated heterocycles. The number of aryl methyl sites for hydroxylation is 1. The van der Waals surface area contributed by atoms with Gasteiger partial charge in [0.05, 0.1) is 18.5 Å². The Hall–Kier alpha value is -3.29. The fourth-order valence-electron chi connectivity index (χ4n) is 4.97. The van der Waals surface area contributed by atoms with Crippen LogP contribution in [0.1, 0.15) is 34.1 Å². The summed E-state index contributed by atoms with van der Waals surface area (Å²) in [6.07, 6.45) is 0.576. The molecule has 3 heterocycles.